The lowest BCUT2D eigenvalue weighted by Gasteiger charge is -1.89. The number of hydrogen-bond acceptors (Lipinski definition) is 2. The van der Waals surface area contributed by atoms with Gasteiger partial charge in [-0.25, -0.2) is 0 Å². The Balaban J connectivity index is 2.87. The second-order valence-electron chi connectivity index (χ2n) is 2.12. The van der Waals surface area contributed by atoms with Crippen LogP contribution in [0, 0.1) is 2.88 Å². The van der Waals surface area contributed by atoms with Crippen molar-refractivity contribution in [1.82, 2.24) is 4.37 Å². The Morgan fingerprint density at radius 3 is 3.09 bits per heavy atom. The van der Waals surface area contributed by atoms with Gasteiger partial charge >= 0.3 is 0 Å². The molecule has 0 spiro atoms. The van der Waals surface area contributed by atoms with Gasteiger partial charge in [-0.3, -0.25) is 0 Å². The molecule has 56 valence electrons. The molecule has 0 atom stereocenters. The first kappa shape index (κ1) is 7.94. The summed E-state index contributed by atoms with van der Waals surface area (Å²) in [6.07, 6.45) is 0. The van der Waals surface area contributed by atoms with Crippen molar-refractivity contribution in [1.29, 1.82) is 0 Å². The van der Waals surface area contributed by atoms with Crippen molar-refractivity contribution in [3.05, 3.63) is 25.6 Å². The van der Waals surface area contributed by atoms with Crippen molar-refractivity contribution < 1.29 is 0 Å². The maximum Gasteiger partial charge on any atom is 0.0939 e. The molecule has 0 fully saturated rings. The number of benzene rings is 1. The largest absolute Gasteiger partial charge is 0.192 e. The predicted octanol–water partition coefficient (Wildman–Crippen LogP) is 3.66. The van der Waals surface area contributed by atoms with Gasteiger partial charge in [-0.2, -0.15) is 4.37 Å². The molecular formula is C7H3BrINS. The molecule has 0 saturated heterocycles. The number of halogens is 2. The Labute approximate surface area is 90.2 Å². The van der Waals surface area contributed by atoms with Gasteiger partial charge in [0.15, 0.2) is 0 Å². The normalized spacial score (nSPS) is 10.7. The van der Waals surface area contributed by atoms with Crippen LogP contribution < -0.4 is 0 Å². The molecule has 2 rings (SSSR count). The van der Waals surface area contributed by atoms with Gasteiger partial charge in [0.25, 0.3) is 0 Å². The summed E-state index contributed by atoms with van der Waals surface area (Å²) < 4.78 is 6.64. The summed E-state index contributed by atoms with van der Waals surface area (Å²) in [5.74, 6) is 0. The fraction of sp³-hybridized carbons (Fsp3) is 0. The van der Waals surface area contributed by atoms with Crippen LogP contribution in [0.15, 0.2) is 22.7 Å². The van der Waals surface area contributed by atoms with E-state index in [-0.39, 0.29) is 0 Å². The van der Waals surface area contributed by atoms with Gasteiger partial charge in [0, 0.05) is 9.86 Å². The Morgan fingerprint density at radius 1 is 1.45 bits per heavy atom. The molecule has 1 heterocycles. The maximum absolute atomic E-state index is 4.27. The molecule has 4 heteroatoms. The Bertz CT molecular complexity index is 398. The van der Waals surface area contributed by atoms with Crippen molar-refractivity contribution in [3.63, 3.8) is 0 Å². The monoisotopic (exact) mass is 339 g/mol. The lowest BCUT2D eigenvalue weighted by molar-refractivity contribution is 1.64. The Hall–Kier alpha value is 0.320. The molecule has 0 radical (unpaired) electrons. The molecule has 0 aliphatic heterocycles. The van der Waals surface area contributed by atoms with E-state index in [4.69, 9.17) is 0 Å². The second-order valence-corrected chi connectivity index (χ2v) is 5.62. The van der Waals surface area contributed by atoms with Crippen LogP contribution >= 0.6 is 50.1 Å². The SMILES string of the molecule is Brc1ccc2nsc(I)c2c1. The van der Waals surface area contributed by atoms with Crippen LogP contribution in [0.2, 0.25) is 0 Å². The number of fused-ring (bicyclic) bond motifs is 1. The van der Waals surface area contributed by atoms with Gasteiger partial charge in [-0.05, 0) is 52.3 Å². The second kappa shape index (κ2) is 2.99. The average Bonchev–Trinajstić information content (AvgIpc) is 2.33. The van der Waals surface area contributed by atoms with E-state index in [0.29, 0.717) is 0 Å². The van der Waals surface area contributed by atoms with Crippen LogP contribution in [-0.2, 0) is 0 Å². The van der Waals surface area contributed by atoms with Crippen molar-refractivity contribution in [2.75, 3.05) is 0 Å². The van der Waals surface area contributed by atoms with Crippen molar-refractivity contribution in [3.8, 4) is 0 Å². The van der Waals surface area contributed by atoms with Gasteiger partial charge in [0.2, 0.25) is 0 Å². The number of rotatable bonds is 0. The molecule has 0 amide bonds. The summed E-state index contributed by atoms with van der Waals surface area (Å²) in [6.45, 7) is 0. The number of nitrogens with zero attached hydrogens (tertiary/aromatic N) is 1. The standard InChI is InChI=1S/C7H3BrINS/c8-4-1-2-6-5(3-4)7(9)11-10-6/h1-3H. The summed E-state index contributed by atoms with van der Waals surface area (Å²) in [5.41, 5.74) is 1.09. The van der Waals surface area contributed by atoms with E-state index in [1.165, 1.54) is 8.27 Å². The highest BCUT2D eigenvalue weighted by molar-refractivity contribution is 14.1. The summed E-state index contributed by atoms with van der Waals surface area (Å²) in [4.78, 5) is 0. The van der Waals surface area contributed by atoms with E-state index in [1.807, 2.05) is 12.1 Å². The van der Waals surface area contributed by atoms with E-state index in [2.05, 4.69) is 49.0 Å². The quantitative estimate of drug-likeness (QED) is 0.667. The molecule has 1 aromatic heterocycles. The van der Waals surface area contributed by atoms with Crippen LogP contribution in [0.4, 0.5) is 0 Å². The molecular weight excluding hydrogens is 337 g/mol. The van der Waals surface area contributed by atoms with Gasteiger partial charge in [0.1, 0.15) is 0 Å². The molecule has 0 unspecified atom stereocenters. The first-order valence-electron chi connectivity index (χ1n) is 2.98. The fourth-order valence-corrected chi connectivity index (χ4v) is 2.57. The molecule has 0 aliphatic carbocycles. The van der Waals surface area contributed by atoms with E-state index >= 15 is 0 Å². The van der Waals surface area contributed by atoms with E-state index in [1.54, 1.807) is 11.5 Å². The minimum absolute atomic E-state index is 1.09. The number of hydrogen-bond donors (Lipinski definition) is 0. The molecule has 0 saturated carbocycles. The fourth-order valence-electron chi connectivity index (χ4n) is 0.884. The minimum Gasteiger partial charge on any atom is -0.192 e. The molecule has 11 heavy (non-hydrogen) atoms. The summed E-state index contributed by atoms with van der Waals surface area (Å²) in [6, 6.07) is 6.14. The summed E-state index contributed by atoms with van der Waals surface area (Å²) in [5, 5.41) is 1.24. The van der Waals surface area contributed by atoms with Crippen molar-refractivity contribution in [2.24, 2.45) is 0 Å². The van der Waals surface area contributed by atoms with Crippen LogP contribution in [0.1, 0.15) is 0 Å². The zero-order valence-electron chi connectivity index (χ0n) is 5.34. The highest BCUT2D eigenvalue weighted by Crippen LogP contribution is 2.26. The molecule has 0 N–H and O–H groups in total. The molecule has 1 nitrogen and oxygen atoms in total. The van der Waals surface area contributed by atoms with Crippen LogP contribution in [0.5, 0.6) is 0 Å². The zero-order chi connectivity index (χ0) is 7.84. The van der Waals surface area contributed by atoms with Gasteiger partial charge in [-0.1, -0.05) is 15.9 Å². The molecule has 0 bridgehead atoms. The lowest BCUT2D eigenvalue weighted by atomic mass is 10.3. The molecule has 1 aromatic carbocycles. The highest BCUT2D eigenvalue weighted by atomic mass is 127. The van der Waals surface area contributed by atoms with Gasteiger partial charge in [0.05, 0.1) is 8.40 Å². The highest BCUT2D eigenvalue weighted by Gasteiger charge is 2.01. The van der Waals surface area contributed by atoms with Crippen LogP contribution in [-0.4, -0.2) is 4.37 Å². The predicted molar refractivity (Wildman–Crippen MR) is 60.0 cm³/mol. The Morgan fingerprint density at radius 2 is 2.27 bits per heavy atom. The van der Waals surface area contributed by atoms with E-state index in [0.717, 1.165) is 9.99 Å². The van der Waals surface area contributed by atoms with Gasteiger partial charge < -0.3 is 0 Å². The third-order valence-electron chi connectivity index (χ3n) is 1.39. The van der Waals surface area contributed by atoms with Crippen molar-refractivity contribution in [2.45, 2.75) is 0 Å². The molecule has 2 aromatic rings. The first-order valence-corrected chi connectivity index (χ1v) is 5.62. The third-order valence-corrected chi connectivity index (χ3v) is 3.73. The van der Waals surface area contributed by atoms with Gasteiger partial charge in [-0.15, -0.1) is 0 Å². The van der Waals surface area contributed by atoms with E-state index in [9.17, 15) is 0 Å². The smallest absolute Gasteiger partial charge is 0.0939 e. The van der Waals surface area contributed by atoms with Crippen molar-refractivity contribution >= 4 is 61.0 Å². The van der Waals surface area contributed by atoms with Crippen LogP contribution in [0.25, 0.3) is 10.9 Å². The third kappa shape index (κ3) is 1.43. The molecule has 0 aliphatic rings. The average molecular weight is 340 g/mol. The van der Waals surface area contributed by atoms with Crippen LogP contribution in [0.3, 0.4) is 0 Å². The zero-order valence-corrected chi connectivity index (χ0v) is 9.90. The minimum atomic E-state index is 1.09. The Kier molecular flexibility index (Phi) is 2.16. The number of aromatic nitrogens is 1. The first-order chi connectivity index (χ1) is 5.27. The lowest BCUT2D eigenvalue weighted by Crippen LogP contribution is -1.68. The summed E-state index contributed by atoms with van der Waals surface area (Å²) >= 11 is 7.27. The maximum atomic E-state index is 4.27. The summed E-state index contributed by atoms with van der Waals surface area (Å²) in [7, 11) is 0. The van der Waals surface area contributed by atoms with E-state index < -0.39 is 0 Å². The topological polar surface area (TPSA) is 12.9 Å².